The Bertz CT molecular complexity index is 704. The van der Waals surface area contributed by atoms with Gasteiger partial charge in [0.25, 0.3) is 0 Å². The van der Waals surface area contributed by atoms with E-state index in [1.165, 1.54) is 13.3 Å². The average molecular weight is 325 g/mol. The van der Waals surface area contributed by atoms with Crippen molar-refractivity contribution in [3.8, 4) is 0 Å². The molecule has 0 aromatic carbocycles. The number of ether oxygens (including phenoxy) is 2. The topological polar surface area (TPSA) is 79.1 Å². The maximum absolute atomic E-state index is 11.4. The molecule has 3 rings (SSSR count). The molecule has 0 N–H and O–H groups in total. The number of nitrogens with zero attached hydrogens (tertiary/aromatic N) is 4. The first-order chi connectivity index (χ1) is 10.5. The molecule has 8 heteroatoms. The van der Waals surface area contributed by atoms with Crippen molar-refractivity contribution in [1.29, 1.82) is 0 Å². The Kier molecular flexibility index (Phi) is 4.01. The van der Waals surface area contributed by atoms with Crippen LogP contribution in [0, 0.1) is 5.92 Å². The van der Waals surface area contributed by atoms with Crippen LogP contribution in [0.2, 0.25) is 5.15 Å². The van der Waals surface area contributed by atoms with Crippen LogP contribution in [0.25, 0.3) is 11.2 Å². The Hall–Kier alpha value is -1.73. The van der Waals surface area contributed by atoms with Gasteiger partial charge >= 0.3 is 5.97 Å². The zero-order chi connectivity index (χ0) is 15.9. The van der Waals surface area contributed by atoms with E-state index in [0.717, 1.165) is 6.42 Å². The summed E-state index contributed by atoms with van der Waals surface area (Å²) in [6, 6.07) is 0. The van der Waals surface area contributed by atoms with E-state index in [4.69, 9.17) is 21.1 Å². The molecule has 1 fully saturated rings. The van der Waals surface area contributed by atoms with E-state index in [9.17, 15) is 4.79 Å². The molecule has 0 bridgehead atoms. The van der Waals surface area contributed by atoms with E-state index in [2.05, 4.69) is 15.0 Å². The van der Waals surface area contributed by atoms with Crippen LogP contribution in [0.5, 0.6) is 0 Å². The highest BCUT2D eigenvalue weighted by atomic mass is 35.5. The maximum atomic E-state index is 11.4. The van der Waals surface area contributed by atoms with E-state index in [-0.39, 0.29) is 23.1 Å². The molecule has 1 aliphatic rings. The molecular formula is C14H17ClN4O3. The molecule has 0 amide bonds. The van der Waals surface area contributed by atoms with Crippen molar-refractivity contribution >= 4 is 28.7 Å². The fourth-order valence-corrected chi connectivity index (χ4v) is 3.09. The van der Waals surface area contributed by atoms with Crippen LogP contribution in [-0.2, 0) is 14.3 Å². The highest BCUT2D eigenvalue weighted by Crippen LogP contribution is 2.38. The summed E-state index contributed by atoms with van der Waals surface area (Å²) in [7, 11) is 0. The molecule has 3 heterocycles. The van der Waals surface area contributed by atoms with Crippen LogP contribution in [0.3, 0.4) is 0 Å². The average Bonchev–Trinajstić information content (AvgIpc) is 3.02. The van der Waals surface area contributed by atoms with E-state index in [1.54, 1.807) is 10.9 Å². The fraction of sp³-hybridized carbons (Fsp3) is 0.571. The van der Waals surface area contributed by atoms with Crippen LogP contribution < -0.4 is 0 Å². The number of hydrogen-bond donors (Lipinski definition) is 0. The summed E-state index contributed by atoms with van der Waals surface area (Å²) in [5.74, 6) is -0.257. The van der Waals surface area contributed by atoms with E-state index >= 15 is 0 Å². The highest BCUT2D eigenvalue weighted by Gasteiger charge is 2.44. The highest BCUT2D eigenvalue weighted by molar-refractivity contribution is 6.33. The van der Waals surface area contributed by atoms with Crippen molar-refractivity contribution in [3.63, 3.8) is 0 Å². The minimum absolute atomic E-state index is 0.00380. The number of esters is 1. The van der Waals surface area contributed by atoms with Gasteiger partial charge in [0, 0.05) is 12.8 Å². The van der Waals surface area contributed by atoms with Gasteiger partial charge in [0.15, 0.2) is 23.1 Å². The molecule has 0 saturated carbocycles. The van der Waals surface area contributed by atoms with Crippen LogP contribution in [0.1, 0.15) is 33.4 Å². The first-order valence-corrected chi connectivity index (χ1v) is 7.56. The van der Waals surface area contributed by atoms with Gasteiger partial charge in [0.2, 0.25) is 0 Å². The summed E-state index contributed by atoms with van der Waals surface area (Å²) in [4.78, 5) is 23.8. The smallest absolute Gasteiger partial charge is 0.303 e. The van der Waals surface area contributed by atoms with Crippen LogP contribution in [0.4, 0.5) is 0 Å². The van der Waals surface area contributed by atoms with Gasteiger partial charge in [-0.3, -0.25) is 9.36 Å². The lowest BCUT2D eigenvalue weighted by atomic mass is 9.98. The van der Waals surface area contributed by atoms with Gasteiger partial charge in [-0.1, -0.05) is 25.4 Å². The number of aromatic nitrogens is 4. The Balaban J connectivity index is 2.03. The molecule has 0 spiro atoms. The van der Waals surface area contributed by atoms with E-state index in [0.29, 0.717) is 11.2 Å². The van der Waals surface area contributed by atoms with Gasteiger partial charge in [-0.2, -0.15) is 0 Å². The van der Waals surface area contributed by atoms with Gasteiger partial charge in [-0.15, -0.1) is 0 Å². The van der Waals surface area contributed by atoms with Gasteiger partial charge in [0.1, 0.15) is 11.8 Å². The zero-order valence-corrected chi connectivity index (χ0v) is 13.3. The van der Waals surface area contributed by atoms with Crippen LogP contribution >= 0.6 is 11.6 Å². The number of carbonyl (C=O) groups excluding carboxylic acids is 1. The molecule has 7 nitrogen and oxygen atoms in total. The Morgan fingerprint density at radius 2 is 2.23 bits per heavy atom. The summed E-state index contributed by atoms with van der Waals surface area (Å²) < 4.78 is 13.3. The fourth-order valence-electron chi connectivity index (χ4n) is 2.91. The summed E-state index contributed by atoms with van der Waals surface area (Å²) in [5.41, 5.74) is 1.06. The van der Waals surface area contributed by atoms with E-state index < -0.39 is 12.3 Å². The zero-order valence-electron chi connectivity index (χ0n) is 12.6. The second-order valence-corrected chi connectivity index (χ2v) is 5.75. The molecule has 22 heavy (non-hydrogen) atoms. The lowest BCUT2D eigenvalue weighted by Gasteiger charge is -2.21. The van der Waals surface area contributed by atoms with Crippen molar-refractivity contribution in [2.75, 3.05) is 0 Å². The van der Waals surface area contributed by atoms with E-state index in [1.807, 2.05) is 13.8 Å². The second-order valence-electron chi connectivity index (χ2n) is 5.40. The molecule has 1 unspecified atom stereocenters. The van der Waals surface area contributed by atoms with Gasteiger partial charge in [0.05, 0.1) is 12.4 Å². The number of halogens is 1. The predicted molar refractivity (Wildman–Crippen MR) is 79.3 cm³/mol. The molecule has 0 aliphatic carbocycles. The first kappa shape index (κ1) is 15.2. The Labute approximate surface area is 132 Å². The molecule has 2 aromatic heterocycles. The van der Waals surface area contributed by atoms with Crippen molar-refractivity contribution in [2.24, 2.45) is 5.92 Å². The number of rotatable bonds is 3. The number of hydrogen-bond acceptors (Lipinski definition) is 6. The monoisotopic (exact) mass is 324 g/mol. The Morgan fingerprint density at radius 3 is 2.91 bits per heavy atom. The molecule has 4 atom stereocenters. The van der Waals surface area contributed by atoms with Crippen molar-refractivity contribution in [2.45, 2.75) is 45.6 Å². The van der Waals surface area contributed by atoms with Gasteiger partial charge in [-0.05, 0) is 6.42 Å². The third-order valence-electron chi connectivity index (χ3n) is 3.99. The molecular weight excluding hydrogens is 308 g/mol. The summed E-state index contributed by atoms with van der Waals surface area (Å²) >= 11 is 6.03. The predicted octanol–water partition coefficient (Wildman–Crippen LogP) is 2.35. The molecule has 118 valence electrons. The third kappa shape index (κ3) is 2.44. The number of carbonyl (C=O) groups is 1. The van der Waals surface area contributed by atoms with Crippen molar-refractivity contribution in [1.82, 2.24) is 19.5 Å². The minimum atomic E-state index is -0.472. The quantitative estimate of drug-likeness (QED) is 0.637. The largest absolute Gasteiger partial charge is 0.457 e. The maximum Gasteiger partial charge on any atom is 0.303 e. The third-order valence-corrected chi connectivity index (χ3v) is 4.27. The summed E-state index contributed by atoms with van der Waals surface area (Å²) in [6.07, 6.45) is 2.94. The number of imidazole rings is 1. The van der Waals surface area contributed by atoms with Crippen molar-refractivity contribution < 1.29 is 14.3 Å². The second kappa shape index (κ2) is 5.81. The molecule has 1 aliphatic heterocycles. The van der Waals surface area contributed by atoms with Crippen LogP contribution in [-0.4, -0.2) is 37.7 Å². The molecule has 0 radical (unpaired) electrons. The lowest BCUT2D eigenvalue weighted by molar-refractivity contribution is -0.153. The summed E-state index contributed by atoms with van der Waals surface area (Å²) in [6.45, 7) is 5.45. The van der Waals surface area contributed by atoms with Gasteiger partial charge < -0.3 is 9.47 Å². The van der Waals surface area contributed by atoms with Crippen LogP contribution in [0.15, 0.2) is 12.7 Å². The minimum Gasteiger partial charge on any atom is -0.457 e. The summed E-state index contributed by atoms with van der Waals surface area (Å²) in [5, 5.41) is 0.283. The standard InChI is InChI=1S/C14H17ClN4O3/c1-4-9-7(2)11(21-8(3)20)14(22-9)19-6-18-10-12(15)16-5-17-13(10)19/h5-7,9,11,14H,4H2,1-3H3/t7-,9-,11-,14?/m1/s1. The first-order valence-electron chi connectivity index (χ1n) is 7.18. The number of fused-ring (bicyclic) bond motifs is 1. The SMILES string of the molecule is CC[C@H]1OC(n2cnc3c(Cl)ncnc32)[C@H](OC(C)=O)[C@@H]1C. The van der Waals surface area contributed by atoms with Gasteiger partial charge in [-0.25, -0.2) is 15.0 Å². The molecule has 1 saturated heterocycles. The Morgan fingerprint density at radius 1 is 1.45 bits per heavy atom. The molecule has 2 aromatic rings. The van der Waals surface area contributed by atoms with Crippen molar-refractivity contribution in [3.05, 3.63) is 17.8 Å². The normalized spacial score (nSPS) is 28.2. The lowest BCUT2D eigenvalue weighted by Crippen LogP contribution is -2.29.